The number of para-hydroxylation sites is 1. The molecule has 0 amide bonds. The van der Waals surface area contributed by atoms with Gasteiger partial charge in [0, 0.05) is 5.69 Å². The van der Waals surface area contributed by atoms with Gasteiger partial charge in [-0.3, -0.25) is 0 Å². The van der Waals surface area contributed by atoms with Crippen molar-refractivity contribution in [2.45, 2.75) is 13.5 Å². The van der Waals surface area contributed by atoms with E-state index in [0.29, 0.717) is 18.7 Å². The number of rotatable bonds is 5. The topological polar surface area (TPSA) is 51.5 Å². The number of ether oxygens (including phenoxy) is 1. The van der Waals surface area contributed by atoms with Crippen molar-refractivity contribution in [3.63, 3.8) is 0 Å². The molecule has 100 valence electrons. The van der Waals surface area contributed by atoms with Crippen molar-refractivity contribution in [3.8, 4) is 0 Å². The summed E-state index contributed by atoms with van der Waals surface area (Å²) >= 11 is 3.39. The smallest absolute Gasteiger partial charge is 0.340 e. The maximum absolute atomic E-state index is 11.8. The molecule has 0 fully saturated rings. The zero-order valence-corrected chi connectivity index (χ0v) is 12.1. The van der Waals surface area contributed by atoms with E-state index in [0.717, 1.165) is 15.9 Å². The maximum Gasteiger partial charge on any atom is 0.340 e. The molecule has 0 atom stereocenters. The summed E-state index contributed by atoms with van der Waals surface area (Å²) in [5, 5.41) is 3.17. The third kappa shape index (κ3) is 3.38. The Hall–Kier alpha value is -1.75. The van der Waals surface area contributed by atoms with E-state index >= 15 is 0 Å². The van der Waals surface area contributed by atoms with Crippen LogP contribution in [0, 0.1) is 0 Å². The maximum atomic E-state index is 11.8. The first-order valence-electron chi connectivity index (χ1n) is 5.94. The third-order valence-electron chi connectivity index (χ3n) is 2.55. The van der Waals surface area contributed by atoms with Crippen LogP contribution in [0.3, 0.4) is 0 Å². The zero-order chi connectivity index (χ0) is 13.7. The summed E-state index contributed by atoms with van der Waals surface area (Å²) in [6.45, 7) is 2.63. The van der Waals surface area contributed by atoms with Gasteiger partial charge in [0.15, 0.2) is 0 Å². The van der Waals surface area contributed by atoms with Crippen LogP contribution in [-0.2, 0) is 11.3 Å². The van der Waals surface area contributed by atoms with E-state index in [2.05, 4.69) is 21.2 Å². The Bertz CT molecular complexity index is 565. The first kappa shape index (κ1) is 13.7. The number of benzene rings is 1. The molecule has 0 bridgehead atoms. The second-order valence-corrected chi connectivity index (χ2v) is 4.67. The number of esters is 1. The van der Waals surface area contributed by atoms with Crippen LogP contribution in [0.1, 0.15) is 23.0 Å². The summed E-state index contributed by atoms with van der Waals surface area (Å²) in [6.07, 6.45) is 1.61. The van der Waals surface area contributed by atoms with Gasteiger partial charge in [0.05, 0.1) is 29.5 Å². The van der Waals surface area contributed by atoms with Crippen molar-refractivity contribution in [2.24, 2.45) is 0 Å². The molecule has 1 N–H and O–H groups in total. The fourth-order valence-electron chi connectivity index (χ4n) is 1.65. The Labute approximate surface area is 119 Å². The molecule has 4 nitrogen and oxygen atoms in total. The minimum absolute atomic E-state index is 0.330. The van der Waals surface area contributed by atoms with Gasteiger partial charge in [-0.25, -0.2) is 4.79 Å². The van der Waals surface area contributed by atoms with Crippen molar-refractivity contribution in [3.05, 3.63) is 52.4 Å². The minimum atomic E-state index is -0.330. The Balaban J connectivity index is 2.12. The van der Waals surface area contributed by atoms with Gasteiger partial charge in [0.2, 0.25) is 0 Å². The number of carbonyl (C=O) groups excluding carboxylic acids is 1. The molecule has 1 aromatic carbocycles. The van der Waals surface area contributed by atoms with Crippen molar-refractivity contribution >= 4 is 27.6 Å². The molecule has 0 radical (unpaired) electrons. The molecule has 0 unspecified atom stereocenters. The lowest BCUT2D eigenvalue weighted by atomic mass is 10.2. The lowest BCUT2D eigenvalue weighted by Crippen LogP contribution is -2.09. The van der Waals surface area contributed by atoms with Gasteiger partial charge < -0.3 is 14.5 Å². The van der Waals surface area contributed by atoms with Crippen LogP contribution in [0.25, 0.3) is 0 Å². The van der Waals surface area contributed by atoms with Crippen molar-refractivity contribution < 1.29 is 13.9 Å². The molecular weight excluding hydrogens is 310 g/mol. The second-order valence-electron chi connectivity index (χ2n) is 3.81. The van der Waals surface area contributed by atoms with Crippen LogP contribution in [0.5, 0.6) is 0 Å². The number of carbonyl (C=O) groups is 1. The van der Waals surface area contributed by atoms with Gasteiger partial charge in [-0.1, -0.05) is 12.1 Å². The SMILES string of the molecule is CCOC(=O)c1ccccc1NCc1occc1Br. The Morgan fingerprint density at radius 2 is 2.16 bits per heavy atom. The summed E-state index contributed by atoms with van der Waals surface area (Å²) in [6, 6.07) is 9.07. The highest BCUT2D eigenvalue weighted by Gasteiger charge is 2.12. The predicted molar refractivity (Wildman–Crippen MR) is 76.1 cm³/mol. The number of nitrogens with one attached hydrogen (secondary N) is 1. The largest absolute Gasteiger partial charge is 0.466 e. The summed E-state index contributed by atoms with van der Waals surface area (Å²) in [7, 11) is 0. The molecule has 2 rings (SSSR count). The molecule has 1 heterocycles. The lowest BCUT2D eigenvalue weighted by Gasteiger charge is -2.10. The molecule has 0 aliphatic heterocycles. The molecule has 19 heavy (non-hydrogen) atoms. The van der Waals surface area contributed by atoms with Crippen molar-refractivity contribution in [2.75, 3.05) is 11.9 Å². The first-order chi connectivity index (χ1) is 9.22. The Kier molecular flexibility index (Phi) is 4.63. The molecule has 0 saturated carbocycles. The third-order valence-corrected chi connectivity index (χ3v) is 3.26. The number of furan rings is 1. The van der Waals surface area contributed by atoms with E-state index in [4.69, 9.17) is 9.15 Å². The molecule has 1 aromatic heterocycles. The Morgan fingerprint density at radius 3 is 2.84 bits per heavy atom. The molecule has 0 aliphatic rings. The number of halogens is 1. The lowest BCUT2D eigenvalue weighted by molar-refractivity contribution is 0.0527. The van der Waals surface area contributed by atoms with Gasteiger partial charge in [-0.2, -0.15) is 0 Å². The summed E-state index contributed by atoms with van der Waals surface area (Å²) in [5.74, 6) is 0.447. The second kappa shape index (κ2) is 6.43. The monoisotopic (exact) mass is 323 g/mol. The van der Waals surface area contributed by atoms with Gasteiger partial charge in [-0.05, 0) is 41.1 Å². The standard InChI is InChI=1S/C14H14BrNO3/c1-2-18-14(17)10-5-3-4-6-12(10)16-9-13-11(15)7-8-19-13/h3-8,16H,2,9H2,1H3. The van der Waals surface area contributed by atoms with E-state index < -0.39 is 0 Å². The molecule has 2 aromatic rings. The van der Waals surface area contributed by atoms with Crippen molar-refractivity contribution in [1.29, 1.82) is 0 Å². The quantitative estimate of drug-likeness (QED) is 0.849. The summed E-state index contributed by atoms with van der Waals surface area (Å²) < 4.78 is 11.2. The van der Waals surface area contributed by atoms with E-state index in [1.54, 1.807) is 25.3 Å². The highest BCUT2D eigenvalue weighted by molar-refractivity contribution is 9.10. The van der Waals surface area contributed by atoms with Crippen LogP contribution < -0.4 is 5.32 Å². The summed E-state index contributed by atoms with van der Waals surface area (Å²) in [5.41, 5.74) is 1.25. The molecule has 0 aliphatic carbocycles. The van der Waals surface area contributed by atoms with Crippen LogP contribution >= 0.6 is 15.9 Å². The minimum Gasteiger partial charge on any atom is -0.466 e. The van der Waals surface area contributed by atoms with E-state index in [1.807, 2.05) is 18.2 Å². The first-order valence-corrected chi connectivity index (χ1v) is 6.73. The van der Waals surface area contributed by atoms with E-state index in [9.17, 15) is 4.79 Å². The number of hydrogen-bond acceptors (Lipinski definition) is 4. The van der Waals surface area contributed by atoms with Crippen LogP contribution in [0.15, 0.2) is 45.5 Å². The molecule has 5 heteroatoms. The van der Waals surface area contributed by atoms with E-state index in [1.165, 1.54) is 0 Å². The fourth-order valence-corrected chi connectivity index (χ4v) is 1.99. The van der Waals surface area contributed by atoms with Crippen LogP contribution in [0.4, 0.5) is 5.69 Å². The van der Waals surface area contributed by atoms with Gasteiger partial charge in [-0.15, -0.1) is 0 Å². The highest BCUT2D eigenvalue weighted by atomic mass is 79.9. The van der Waals surface area contributed by atoms with E-state index in [-0.39, 0.29) is 5.97 Å². The van der Waals surface area contributed by atoms with Gasteiger partial charge >= 0.3 is 5.97 Å². The van der Waals surface area contributed by atoms with Crippen molar-refractivity contribution in [1.82, 2.24) is 0 Å². The zero-order valence-electron chi connectivity index (χ0n) is 10.5. The molecule has 0 saturated heterocycles. The van der Waals surface area contributed by atoms with Crippen LogP contribution in [0.2, 0.25) is 0 Å². The predicted octanol–water partition coefficient (Wildman–Crippen LogP) is 3.83. The number of anilines is 1. The van der Waals surface area contributed by atoms with Gasteiger partial charge in [0.25, 0.3) is 0 Å². The van der Waals surface area contributed by atoms with Gasteiger partial charge in [0.1, 0.15) is 5.76 Å². The average molecular weight is 324 g/mol. The van der Waals surface area contributed by atoms with Crippen LogP contribution in [-0.4, -0.2) is 12.6 Å². The molecular formula is C14H14BrNO3. The highest BCUT2D eigenvalue weighted by Crippen LogP contribution is 2.21. The average Bonchev–Trinajstić information content (AvgIpc) is 2.82. The molecule has 0 spiro atoms. The Morgan fingerprint density at radius 1 is 1.37 bits per heavy atom. The fraction of sp³-hybridized carbons (Fsp3) is 0.214. The normalized spacial score (nSPS) is 10.2. The summed E-state index contributed by atoms with van der Waals surface area (Å²) in [4.78, 5) is 11.8. The number of hydrogen-bond donors (Lipinski definition) is 1.